The molecule has 0 aromatic heterocycles. The van der Waals surface area contributed by atoms with Crippen LogP contribution in [0.15, 0.2) is 42.5 Å². The van der Waals surface area contributed by atoms with Crippen LogP contribution in [-0.4, -0.2) is 6.11 Å². The Balaban J connectivity index is 1.21. The van der Waals surface area contributed by atoms with Gasteiger partial charge in [0.2, 0.25) is 5.82 Å². The SMILES string of the molecule is CCCCCC1CCC(C2CCC(C(F)(F)Oc3ccc(-c4ccc(-c5cc(F)c(F)c(F)c5)c(F)c4)c(F)c3F)CC2)CC1. The zero-order valence-electron chi connectivity index (χ0n) is 25.3. The lowest BCUT2D eigenvalue weighted by Gasteiger charge is -2.39. The molecule has 2 aliphatic rings. The topological polar surface area (TPSA) is 9.23 Å². The molecule has 0 saturated heterocycles. The number of halogens is 8. The van der Waals surface area contributed by atoms with Crippen molar-refractivity contribution in [3.63, 3.8) is 0 Å². The van der Waals surface area contributed by atoms with Crippen LogP contribution in [0.2, 0.25) is 0 Å². The molecule has 1 nitrogen and oxygen atoms in total. The second-order valence-corrected chi connectivity index (χ2v) is 12.7. The zero-order valence-corrected chi connectivity index (χ0v) is 25.3. The predicted molar refractivity (Wildman–Crippen MR) is 158 cm³/mol. The highest BCUT2D eigenvalue weighted by Crippen LogP contribution is 2.46. The van der Waals surface area contributed by atoms with Crippen LogP contribution < -0.4 is 4.74 Å². The Morgan fingerprint density at radius 1 is 0.622 bits per heavy atom. The summed E-state index contributed by atoms with van der Waals surface area (Å²) in [5, 5.41) is 0. The first-order valence-corrected chi connectivity index (χ1v) is 16.0. The Kier molecular flexibility index (Phi) is 10.4. The first-order valence-electron chi connectivity index (χ1n) is 16.0. The summed E-state index contributed by atoms with van der Waals surface area (Å²) in [4.78, 5) is 0. The van der Waals surface area contributed by atoms with E-state index < -0.39 is 58.2 Å². The molecule has 244 valence electrons. The maximum absolute atomic E-state index is 15.2. The van der Waals surface area contributed by atoms with Crippen molar-refractivity contribution >= 4 is 0 Å². The van der Waals surface area contributed by atoms with E-state index in [1.807, 2.05) is 0 Å². The minimum atomic E-state index is -3.70. The van der Waals surface area contributed by atoms with E-state index in [1.54, 1.807) is 0 Å². The molecule has 0 spiro atoms. The smallest absolute Gasteiger partial charge is 0.400 e. The summed E-state index contributed by atoms with van der Waals surface area (Å²) in [7, 11) is 0. The summed E-state index contributed by atoms with van der Waals surface area (Å²) >= 11 is 0. The van der Waals surface area contributed by atoms with Crippen molar-refractivity contribution in [1.29, 1.82) is 0 Å². The predicted octanol–water partition coefficient (Wildman–Crippen LogP) is 12.0. The largest absolute Gasteiger partial charge is 0.429 e. The van der Waals surface area contributed by atoms with Crippen LogP contribution in [0.5, 0.6) is 5.75 Å². The second kappa shape index (κ2) is 14.1. The molecule has 2 fully saturated rings. The van der Waals surface area contributed by atoms with Gasteiger partial charge in [0.1, 0.15) is 5.82 Å². The highest BCUT2D eigenvalue weighted by molar-refractivity contribution is 5.72. The number of ether oxygens (including phenoxy) is 1. The van der Waals surface area contributed by atoms with E-state index >= 15 is 17.6 Å². The molecule has 0 amide bonds. The third-order valence-electron chi connectivity index (χ3n) is 9.89. The minimum Gasteiger partial charge on any atom is -0.429 e. The van der Waals surface area contributed by atoms with E-state index in [4.69, 9.17) is 4.74 Å². The van der Waals surface area contributed by atoms with Gasteiger partial charge in [-0.3, -0.25) is 0 Å². The van der Waals surface area contributed by atoms with Crippen LogP contribution in [-0.2, 0) is 0 Å². The standard InChI is InChI=1S/C36H38F8O/c1-2-3-4-5-21-6-8-22(9-7-21)23-10-13-26(14-11-23)36(43,44)45-32-17-16-28(33(40)35(32)42)24-12-15-27(29(37)18-24)25-19-30(38)34(41)31(39)20-25/h12,15-23,26H,2-11,13-14H2,1H3. The lowest BCUT2D eigenvalue weighted by molar-refractivity contribution is -0.225. The van der Waals surface area contributed by atoms with E-state index in [2.05, 4.69) is 6.92 Å². The van der Waals surface area contributed by atoms with E-state index in [1.165, 1.54) is 44.6 Å². The molecule has 0 atom stereocenters. The van der Waals surface area contributed by atoms with Crippen LogP contribution in [0.25, 0.3) is 22.3 Å². The molecule has 2 saturated carbocycles. The Morgan fingerprint density at radius 2 is 1.20 bits per heavy atom. The number of hydrogen-bond acceptors (Lipinski definition) is 1. The van der Waals surface area contributed by atoms with Crippen molar-refractivity contribution in [3.8, 4) is 28.0 Å². The molecule has 0 heterocycles. The number of hydrogen-bond donors (Lipinski definition) is 0. The van der Waals surface area contributed by atoms with Crippen molar-refractivity contribution < 1.29 is 39.9 Å². The fraction of sp³-hybridized carbons (Fsp3) is 0.500. The van der Waals surface area contributed by atoms with E-state index in [0.717, 1.165) is 43.0 Å². The summed E-state index contributed by atoms with van der Waals surface area (Å²) < 4.78 is 121. The molecule has 0 N–H and O–H groups in total. The normalized spacial score (nSPS) is 22.4. The molecule has 0 unspecified atom stereocenters. The van der Waals surface area contributed by atoms with Gasteiger partial charge in [-0.05, 0) is 97.7 Å². The summed E-state index contributed by atoms with van der Waals surface area (Å²) in [6.45, 7) is 2.20. The van der Waals surface area contributed by atoms with Crippen LogP contribution in [0.3, 0.4) is 0 Å². The van der Waals surface area contributed by atoms with Gasteiger partial charge in [0, 0.05) is 11.1 Å². The quantitative estimate of drug-likeness (QED) is 0.122. The average Bonchev–Trinajstić information content (AvgIpc) is 3.02. The van der Waals surface area contributed by atoms with Gasteiger partial charge in [0.15, 0.2) is 29.0 Å². The van der Waals surface area contributed by atoms with E-state index in [9.17, 15) is 17.6 Å². The van der Waals surface area contributed by atoms with Gasteiger partial charge < -0.3 is 4.74 Å². The van der Waals surface area contributed by atoms with Gasteiger partial charge in [-0.2, -0.15) is 13.2 Å². The Morgan fingerprint density at radius 3 is 1.80 bits per heavy atom. The Bertz CT molecular complexity index is 1450. The third kappa shape index (κ3) is 7.49. The second-order valence-electron chi connectivity index (χ2n) is 12.7. The molecule has 0 aliphatic heterocycles. The van der Waals surface area contributed by atoms with Crippen molar-refractivity contribution in [2.45, 2.75) is 90.1 Å². The van der Waals surface area contributed by atoms with Crippen LogP contribution in [0.1, 0.15) is 84.0 Å². The van der Waals surface area contributed by atoms with Crippen LogP contribution >= 0.6 is 0 Å². The number of unbranched alkanes of at least 4 members (excludes halogenated alkanes) is 2. The highest BCUT2D eigenvalue weighted by Gasteiger charge is 2.45. The van der Waals surface area contributed by atoms with Crippen molar-refractivity contribution in [3.05, 3.63) is 77.4 Å². The first kappa shape index (κ1) is 33.3. The van der Waals surface area contributed by atoms with Crippen molar-refractivity contribution in [1.82, 2.24) is 0 Å². The molecule has 5 rings (SSSR count). The number of rotatable bonds is 10. The molecular formula is C36H38F8O. The average molecular weight is 639 g/mol. The molecular weight excluding hydrogens is 600 g/mol. The zero-order chi connectivity index (χ0) is 32.3. The first-order chi connectivity index (χ1) is 21.5. The fourth-order valence-electron chi connectivity index (χ4n) is 7.25. The fourth-order valence-corrected chi connectivity index (χ4v) is 7.25. The molecule has 0 radical (unpaired) electrons. The number of benzene rings is 3. The maximum Gasteiger partial charge on any atom is 0.400 e. The molecule has 2 aliphatic carbocycles. The lowest BCUT2D eigenvalue weighted by atomic mass is 9.68. The van der Waals surface area contributed by atoms with E-state index in [-0.39, 0.29) is 29.5 Å². The maximum atomic E-state index is 15.2. The van der Waals surface area contributed by atoms with E-state index in [0.29, 0.717) is 36.8 Å². The van der Waals surface area contributed by atoms with Gasteiger partial charge in [0.05, 0.1) is 5.92 Å². The summed E-state index contributed by atoms with van der Waals surface area (Å²) in [6, 6.07) is 6.14. The summed E-state index contributed by atoms with van der Waals surface area (Å²) in [5.74, 6) is -9.26. The van der Waals surface area contributed by atoms with Crippen molar-refractivity contribution in [2.75, 3.05) is 0 Å². The van der Waals surface area contributed by atoms with Crippen LogP contribution in [0.4, 0.5) is 35.1 Å². The Hall–Kier alpha value is -3.10. The molecule has 45 heavy (non-hydrogen) atoms. The molecule has 3 aromatic carbocycles. The van der Waals surface area contributed by atoms with Gasteiger partial charge in [-0.1, -0.05) is 57.6 Å². The van der Waals surface area contributed by atoms with Crippen LogP contribution in [0, 0.1) is 58.6 Å². The monoisotopic (exact) mass is 638 g/mol. The summed E-state index contributed by atoms with van der Waals surface area (Å²) in [5.41, 5.74) is -1.18. The van der Waals surface area contributed by atoms with Crippen molar-refractivity contribution in [2.24, 2.45) is 23.7 Å². The molecule has 3 aromatic rings. The summed E-state index contributed by atoms with van der Waals surface area (Å²) in [6.07, 6.45) is 7.83. The van der Waals surface area contributed by atoms with Gasteiger partial charge >= 0.3 is 6.11 Å². The third-order valence-corrected chi connectivity index (χ3v) is 9.89. The number of alkyl halides is 2. The van der Waals surface area contributed by atoms with Gasteiger partial charge in [0.25, 0.3) is 0 Å². The Labute approximate surface area is 259 Å². The van der Waals surface area contributed by atoms with Gasteiger partial charge in [-0.25, -0.2) is 22.0 Å². The molecule has 0 bridgehead atoms. The lowest BCUT2D eigenvalue weighted by Crippen LogP contribution is -2.38. The molecule has 9 heteroatoms. The highest BCUT2D eigenvalue weighted by atomic mass is 19.3. The van der Waals surface area contributed by atoms with Gasteiger partial charge in [-0.15, -0.1) is 0 Å². The minimum absolute atomic E-state index is 0.151.